The molecular formula is C11H8F3NO2S. The van der Waals surface area contributed by atoms with Crippen molar-refractivity contribution < 1.29 is 22.7 Å². The summed E-state index contributed by atoms with van der Waals surface area (Å²) < 4.78 is 42.0. The first-order valence-corrected chi connectivity index (χ1v) is 5.75. The van der Waals surface area contributed by atoms with Crippen LogP contribution in [0.2, 0.25) is 0 Å². The number of hydrogen-bond acceptors (Lipinski definition) is 4. The minimum Gasteiger partial charge on any atom is -0.497 e. The maximum Gasteiger partial charge on any atom is 0.450 e. The molecule has 0 saturated heterocycles. The summed E-state index contributed by atoms with van der Waals surface area (Å²) >= 11 is 1.06. The van der Waals surface area contributed by atoms with E-state index in [1.807, 2.05) is 0 Å². The normalized spacial score (nSPS) is 11.8. The number of aromatic nitrogens is 1. The minimum atomic E-state index is -4.81. The fourth-order valence-corrected chi connectivity index (χ4v) is 2.39. The van der Waals surface area contributed by atoms with Gasteiger partial charge in [-0.05, 0) is 18.2 Å². The number of alkyl halides is 3. The number of carbonyl (C=O) groups is 1. The van der Waals surface area contributed by atoms with Gasteiger partial charge in [0.15, 0.2) is 0 Å². The number of fused-ring (bicyclic) bond motifs is 1. The zero-order valence-electron chi connectivity index (χ0n) is 9.25. The first-order valence-electron chi connectivity index (χ1n) is 4.93. The maximum atomic E-state index is 12.1. The molecule has 0 amide bonds. The molecule has 1 aromatic heterocycles. The van der Waals surface area contributed by atoms with E-state index in [2.05, 4.69) is 4.98 Å². The molecule has 0 atom stereocenters. The molecule has 7 heteroatoms. The van der Waals surface area contributed by atoms with Crippen molar-refractivity contribution in [2.24, 2.45) is 0 Å². The molecule has 1 aromatic carbocycles. The molecule has 0 aliphatic carbocycles. The van der Waals surface area contributed by atoms with Gasteiger partial charge < -0.3 is 4.74 Å². The van der Waals surface area contributed by atoms with Gasteiger partial charge in [-0.1, -0.05) is 0 Å². The summed E-state index contributed by atoms with van der Waals surface area (Å²) in [5.74, 6) is -1.19. The van der Waals surface area contributed by atoms with Gasteiger partial charge in [0, 0.05) is 0 Å². The van der Waals surface area contributed by atoms with E-state index in [1.54, 1.807) is 18.2 Å². The number of Topliss-reactive ketones (excluding diaryl/α,β-unsaturated/α-hetero) is 1. The van der Waals surface area contributed by atoms with Crippen LogP contribution in [0.4, 0.5) is 13.2 Å². The molecule has 0 aliphatic heterocycles. The van der Waals surface area contributed by atoms with Crippen molar-refractivity contribution in [2.75, 3.05) is 7.11 Å². The summed E-state index contributed by atoms with van der Waals surface area (Å²) in [4.78, 5) is 14.8. The monoisotopic (exact) mass is 275 g/mol. The minimum absolute atomic E-state index is 0.153. The van der Waals surface area contributed by atoms with Crippen molar-refractivity contribution in [3.05, 3.63) is 23.2 Å². The van der Waals surface area contributed by atoms with Crippen molar-refractivity contribution in [1.29, 1.82) is 0 Å². The summed E-state index contributed by atoms with van der Waals surface area (Å²) in [6.45, 7) is 0. The van der Waals surface area contributed by atoms with Crippen molar-refractivity contribution in [2.45, 2.75) is 12.6 Å². The molecule has 0 spiro atoms. The van der Waals surface area contributed by atoms with Crippen LogP contribution in [-0.4, -0.2) is 24.1 Å². The van der Waals surface area contributed by atoms with Crippen LogP contribution in [-0.2, 0) is 11.2 Å². The highest BCUT2D eigenvalue weighted by atomic mass is 32.1. The lowest BCUT2D eigenvalue weighted by atomic mass is 10.3. The maximum absolute atomic E-state index is 12.1. The largest absolute Gasteiger partial charge is 0.497 e. The van der Waals surface area contributed by atoms with Gasteiger partial charge in [0.05, 0.1) is 23.7 Å². The number of ether oxygens (including phenoxy) is 1. The highest BCUT2D eigenvalue weighted by molar-refractivity contribution is 7.18. The third kappa shape index (κ3) is 2.61. The fourth-order valence-electron chi connectivity index (χ4n) is 1.39. The first-order chi connectivity index (χ1) is 8.40. The molecule has 1 heterocycles. The van der Waals surface area contributed by atoms with Crippen molar-refractivity contribution in [1.82, 2.24) is 4.98 Å². The van der Waals surface area contributed by atoms with Gasteiger partial charge >= 0.3 is 6.18 Å². The van der Waals surface area contributed by atoms with Gasteiger partial charge in [-0.2, -0.15) is 13.2 Å². The van der Waals surface area contributed by atoms with Crippen LogP contribution in [0.25, 0.3) is 10.2 Å². The highest BCUT2D eigenvalue weighted by Crippen LogP contribution is 2.28. The summed E-state index contributed by atoms with van der Waals surface area (Å²) in [6, 6.07) is 4.98. The number of ketones is 1. The zero-order chi connectivity index (χ0) is 13.3. The number of carbonyl (C=O) groups excluding carboxylic acids is 1. The van der Waals surface area contributed by atoms with Gasteiger partial charge in [-0.3, -0.25) is 4.79 Å². The Morgan fingerprint density at radius 1 is 1.44 bits per heavy atom. The third-order valence-electron chi connectivity index (χ3n) is 2.27. The van der Waals surface area contributed by atoms with Crippen LogP contribution in [0.3, 0.4) is 0 Å². The Morgan fingerprint density at radius 3 is 2.78 bits per heavy atom. The van der Waals surface area contributed by atoms with E-state index in [-0.39, 0.29) is 5.01 Å². The van der Waals surface area contributed by atoms with Crippen LogP contribution < -0.4 is 4.74 Å². The molecule has 0 fully saturated rings. The molecule has 2 rings (SSSR count). The molecule has 0 aliphatic rings. The van der Waals surface area contributed by atoms with E-state index in [1.165, 1.54) is 7.11 Å². The Kier molecular flexibility index (Phi) is 3.25. The Labute approximate surface area is 104 Å². The molecule has 0 radical (unpaired) electrons. The molecule has 0 N–H and O–H groups in total. The molecule has 18 heavy (non-hydrogen) atoms. The summed E-state index contributed by atoms with van der Waals surface area (Å²) in [6.07, 6.45) is -5.53. The average molecular weight is 275 g/mol. The van der Waals surface area contributed by atoms with Gasteiger partial charge in [-0.15, -0.1) is 11.3 Å². The second kappa shape index (κ2) is 4.56. The number of rotatable bonds is 3. The molecule has 0 unspecified atom stereocenters. The number of methoxy groups -OCH3 is 1. The van der Waals surface area contributed by atoms with Gasteiger partial charge in [0.2, 0.25) is 5.78 Å². The van der Waals surface area contributed by atoms with Crippen LogP contribution in [0.5, 0.6) is 5.75 Å². The predicted octanol–water partition coefficient (Wildman–Crippen LogP) is 2.98. The molecule has 2 aromatic rings. The van der Waals surface area contributed by atoms with Crippen molar-refractivity contribution >= 4 is 27.3 Å². The lowest BCUT2D eigenvalue weighted by Crippen LogP contribution is -2.24. The number of thiazole rings is 1. The summed E-state index contributed by atoms with van der Waals surface area (Å²) in [7, 11) is 1.50. The molecule has 0 bridgehead atoms. The topological polar surface area (TPSA) is 39.2 Å². The average Bonchev–Trinajstić information content (AvgIpc) is 2.68. The summed E-state index contributed by atoms with van der Waals surface area (Å²) in [5, 5.41) is 0.153. The van der Waals surface area contributed by atoms with E-state index in [9.17, 15) is 18.0 Å². The zero-order valence-corrected chi connectivity index (χ0v) is 10.1. The number of hydrogen-bond donors (Lipinski definition) is 0. The second-order valence-electron chi connectivity index (χ2n) is 3.54. The lowest BCUT2D eigenvalue weighted by Gasteiger charge is -2.01. The predicted molar refractivity (Wildman–Crippen MR) is 60.9 cm³/mol. The molecule has 0 saturated carbocycles. The Hall–Kier alpha value is -1.63. The van der Waals surface area contributed by atoms with E-state index < -0.39 is 18.4 Å². The lowest BCUT2D eigenvalue weighted by molar-refractivity contribution is -0.170. The van der Waals surface area contributed by atoms with E-state index in [4.69, 9.17) is 4.74 Å². The first kappa shape index (κ1) is 12.8. The second-order valence-corrected chi connectivity index (χ2v) is 4.65. The van der Waals surface area contributed by atoms with E-state index in [0.717, 1.165) is 11.3 Å². The van der Waals surface area contributed by atoms with Crippen LogP contribution in [0.1, 0.15) is 5.01 Å². The Morgan fingerprint density at radius 2 is 2.17 bits per heavy atom. The molecular weight excluding hydrogens is 267 g/mol. The number of nitrogens with zero attached hydrogens (tertiary/aromatic N) is 1. The fraction of sp³-hybridized carbons (Fsp3) is 0.273. The van der Waals surface area contributed by atoms with Crippen LogP contribution in [0, 0.1) is 0 Å². The smallest absolute Gasteiger partial charge is 0.450 e. The molecule has 96 valence electrons. The number of halogens is 3. The van der Waals surface area contributed by atoms with Crippen molar-refractivity contribution in [3.8, 4) is 5.75 Å². The standard InChI is InChI=1S/C11H8F3NO2S/c1-17-6-2-3-7-8(4-6)18-10(15-7)5-9(16)11(12,13)14/h2-4H,5H2,1H3. The Balaban J connectivity index is 2.28. The van der Waals surface area contributed by atoms with Gasteiger partial charge in [-0.25, -0.2) is 4.98 Å². The van der Waals surface area contributed by atoms with Gasteiger partial charge in [0.25, 0.3) is 0 Å². The Bertz CT molecular complexity index is 591. The van der Waals surface area contributed by atoms with Crippen LogP contribution in [0.15, 0.2) is 18.2 Å². The number of benzene rings is 1. The van der Waals surface area contributed by atoms with E-state index in [0.29, 0.717) is 16.0 Å². The van der Waals surface area contributed by atoms with Crippen molar-refractivity contribution in [3.63, 3.8) is 0 Å². The highest BCUT2D eigenvalue weighted by Gasteiger charge is 2.38. The quantitative estimate of drug-likeness (QED) is 0.864. The molecule has 3 nitrogen and oxygen atoms in total. The van der Waals surface area contributed by atoms with E-state index >= 15 is 0 Å². The third-order valence-corrected chi connectivity index (χ3v) is 3.29. The SMILES string of the molecule is COc1ccc2nc(CC(=O)C(F)(F)F)sc2c1. The summed E-state index contributed by atoms with van der Waals surface area (Å²) in [5.41, 5.74) is 0.561. The van der Waals surface area contributed by atoms with Gasteiger partial charge in [0.1, 0.15) is 10.8 Å². The van der Waals surface area contributed by atoms with Crippen LogP contribution >= 0.6 is 11.3 Å².